The van der Waals surface area contributed by atoms with Gasteiger partial charge < -0.3 is 10.1 Å². The summed E-state index contributed by atoms with van der Waals surface area (Å²) in [5.41, 5.74) is 0. The second-order valence-electron chi connectivity index (χ2n) is 1.68. The first-order chi connectivity index (χ1) is 4.84. The van der Waals surface area contributed by atoms with E-state index in [4.69, 9.17) is 0 Å². The number of amides is 1. The summed E-state index contributed by atoms with van der Waals surface area (Å²) in [7, 11) is 1.34. The lowest BCUT2D eigenvalue weighted by Crippen LogP contribution is -2.22. The molecule has 4 nitrogen and oxygen atoms in total. The number of rotatable bonds is 0. The SMILES string of the molecule is COC(=O)N1C=CNC=C1. The van der Waals surface area contributed by atoms with Crippen LogP contribution in [0.3, 0.4) is 0 Å². The second-order valence-corrected chi connectivity index (χ2v) is 1.68. The largest absolute Gasteiger partial charge is 0.452 e. The van der Waals surface area contributed by atoms with E-state index in [-0.39, 0.29) is 0 Å². The van der Waals surface area contributed by atoms with Crippen molar-refractivity contribution in [1.82, 2.24) is 10.2 Å². The molecule has 0 aromatic rings. The van der Waals surface area contributed by atoms with Crippen molar-refractivity contribution in [3.63, 3.8) is 0 Å². The van der Waals surface area contributed by atoms with Crippen LogP contribution in [-0.4, -0.2) is 18.1 Å². The van der Waals surface area contributed by atoms with Crippen molar-refractivity contribution in [2.45, 2.75) is 0 Å². The molecule has 0 saturated carbocycles. The minimum atomic E-state index is -0.394. The maximum Gasteiger partial charge on any atom is 0.417 e. The molecule has 0 spiro atoms. The highest BCUT2D eigenvalue weighted by Gasteiger charge is 2.06. The Morgan fingerprint density at radius 2 is 2.10 bits per heavy atom. The van der Waals surface area contributed by atoms with Crippen molar-refractivity contribution in [3.8, 4) is 0 Å². The molecular weight excluding hydrogens is 132 g/mol. The summed E-state index contributed by atoms with van der Waals surface area (Å²) in [6, 6.07) is 0. The Balaban J connectivity index is 2.55. The van der Waals surface area contributed by atoms with Gasteiger partial charge in [0.05, 0.1) is 7.11 Å². The molecule has 0 fully saturated rings. The lowest BCUT2D eigenvalue weighted by atomic mass is 10.6. The standard InChI is InChI=1S/C6H8N2O2/c1-10-6(9)8-4-2-7-3-5-8/h2-5,7H,1H3. The van der Waals surface area contributed by atoms with Gasteiger partial charge in [0.2, 0.25) is 0 Å². The summed E-state index contributed by atoms with van der Waals surface area (Å²) in [4.78, 5) is 12.1. The zero-order valence-corrected chi connectivity index (χ0v) is 5.57. The normalized spacial score (nSPS) is 14.7. The first kappa shape index (κ1) is 6.67. The fourth-order valence-electron chi connectivity index (χ4n) is 0.579. The fraction of sp³-hybridized carbons (Fsp3) is 0.167. The van der Waals surface area contributed by atoms with Crippen molar-refractivity contribution in [2.24, 2.45) is 0 Å². The third-order valence-electron chi connectivity index (χ3n) is 1.05. The Morgan fingerprint density at radius 3 is 2.60 bits per heavy atom. The highest BCUT2D eigenvalue weighted by Crippen LogP contribution is 1.97. The van der Waals surface area contributed by atoms with Gasteiger partial charge in [-0.15, -0.1) is 0 Å². The van der Waals surface area contributed by atoms with Crippen LogP contribution in [0.1, 0.15) is 0 Å². The van der Waals surface area contributed by atoms with E-state index in [0.29, 0.717) is 0 Å². The Labute approximate surface area is 58.8 Å². The minimum absolute atomic E-state index is 0.394. The predicted molar refractivity (Wildman–Crippen MR) is 35.7 cm³/mol. The van der Waals surface area contributed by atoms with E-state index >= 15 is 0 Å². The molecule has 0 aliphatic carbocycles. The summed E-state index contributed by atoms with van der Waals surface area (Å²) >= 11 is 0. The van der Waals surface area contributed by atoms with E-state index in [9.17, 15) is 4.79 Å². The molecule has 0 bridgehead atoms. The molecule has 1 heterocycles. The van der Waals surface area contributed by atoms with Crippen molar-refractivity contribution in [3.05, 3.63) is 24.8 Å². The van der Waals surface area contributed by atoms with E-state index in [1.165, 1.54) is 12.0 Å². The summed E-state index contributed by atoms with van der Waals surface area (Å²) in [6.07, 6.45) is 6.03. The van der Waals surface area contributed by atoms with Crippen LogP contribution in [0.2, 0.25) is 0 Å². The van der Waals surface area contributed by atoms with Crippen LogP contribution in [0, 0.1) is 0 Å². The fourth-order valence-corrected chi connectivity index (χ4v) is 0.579. The highest BCUT2D eigenvalue weighted by atomic mass is 16.5. The molecule has 0 unspecified atom stereocenters. The van der Waals surface area contributed by atoms with Crippen LogP contribution >= 0.6 is 0 Å². The summed E-state index contributed by atoms with van der Waals surface area (Å²) in [5, 5.41) is 2.78. The van der Waals surface area contributed by atoms with Gasteiger partial charge >= 0.3 is 6.09 Å². The lowest BCUT2D eigenvalue weighted by Gasteiger charge is -2.13. The number of ether oxygens (including phenoxy) is 1. The van der Waals surface area contributed by atoms with Gasteiger partial charge in [0.15, 0.2) is 0 Å². The first-order valence-corrected chi connectivity index (χ1v) is 2.80. The molecule has 0 saturated heterocycles. The Bertz CT molecular complexity index is 174. The molecular formula is C6H8N2O2. The molecule has 1 aliphatic heterocycles. The molecule has 0 aromatic carbocycles. The Kier molecular flexibility index (Phi) is 1.94. The maximum atomic E-state index is 10.7. The van der Waals surface area contributed by atoms with Gasteiger partial charge in [-0.1, -0.05) is 0 Å². The van der Waals surface area contributed by atoms with E-state index in [1.54, 1.807) is 24.8 Å². The summed E-state index contributed by atoms with van der Waals surface area (Å²) in [5.74, 6) is 0. The average molecular weight is 140 g/mol. The quantitative estimate of drug-likeness (QED) is 0.535. The number of hydrogen-bond donors (Lipinski definition) is 1. The van der Waals surface area contributed by atoms with Crippen LogP contribution in [-0.2, 0) is 4.74 Å². The minimum Gasteiger partial charge on any atom is -0.452 e. The van der Waals surface area contributed by atoms with Crippen LogP contribution in [0.15, 0.2) is 24.8 Å². The summed E-state index contributed by atoms with van der Waals surface area (Å²) < 4.78 is 4.45. The van der Waals surface area contributed by atoms with Gasteiger partial charge in [-0.25, -0.2) is 4.79 Å². The topological polar surface area (TPSA) is 41.6 Å². The number of methoxy groups -OCH3 is 1. The van der Waals surface area contributed by atoms with E-state index < -0.39 is 6.09 Å². The van der Waals surface area contributed by atoms with E-state index in [0.717, 1.165) is 0 Å². The second kappa shape index (κ2) is 2.91. The molecule has 1 N–H and O–H groups in total. The van der Waals surface area contributed by atoms with Gasteiger partial charge in [-0.05, 0) is 0 Å². The van der Waals surface area contributed by atoms with Gasteiger partial charge in [0.25, 0.3) is 0 Å². The number of nitrogens with one attached hydrogen (secondary N) is 1. The maximum absolute atomic E-state index is 10.7. The molecule has 0 atom stereocenters. The number of carbonyl (C=O) groups excluding carboxylic acids is 1. The third kappa shape index (κ3) is 1.28. The lowest BCUT2D eigenvalue weighted by molar-refractivity contribution is 0.151. The zero-order valence-electron chi connectivity index (χ0n) is 5.57. The molecule has 0 aromatic heterocycles. The Morgan fingerprint density at radius 1 is 1.50 bits per heavy atom. The third-order valence-corrected chi connectivity index (χ3v) is 1.05. The molecule has 1 rings (SSSR count). The molecule has 1 amide bonds. The van der Waals surface area contributed by atoms with Gasteiger partial charge in [-0.3, -0.25) is 4.90 Å². The van der Waals surface area contributed by atoms with Crippen molar-refractivity contribution in [1.29, 1.82) is 0 Å². The van der Waals surface area contributed by atoms with Crippen LogP contribution < -0.4 is 5.32 Å². The smallest absolute Gasteiger partial charge is 0.417 e. The van der Waals surface area contributed by atoms with Gasteiger partial charge in [-0.2, -0.15) is 0 Å². The number of hydrogen-bond acceptors (Lipinski definition) is 3. The first-order valence-electron chi connectivity index (χ1n) is 2.80. The zero-order chi connectivity index (χ0) is 7.40. The molecule has 54 valence electrons. The van der Waals surface area contributed by atoms with E-state index in [2.05, 4.69) is 10.1 Å². The average Bonchev–Trinajstić information content (AvgIpc) is 2.05. The highest BCUT2D eigenvalue weighted by molar-refractivity contribution is 5.70. The summed E-state index contributed by atoms with van der Waals surface area (Å²) in [6.45, 7) is 0. The monoisotopic (exact) mass is 140 g/mol. The number of nitrogens with zero attached hydrogens (tertiary/aromatic N) is 1. The van der Waals surface area contributed by atoms with Gasteiger partial charge in [0.1, 0.15) is 0 Å². The molecule has 1 aliphatic rings. The van der Waals surface area contributed by atoms with Crippen molar-refractivity contribution < 1.29 is 9.53 Å². The Hall–Kier alpha value is -1.45. The van der Waals surface area contributed by atoms with Crippen molar-refractivity contribution >= 4 is 6.09 Å². The predicted octanol–water partition coefficient (Wildman–Crippen LogP) is 0.600. The van der Waals surface area contributed by atoms with Gasteiger partial charge in [0, 0.05) is 24.8 Å². The molecule has 10 heavy (non-hydrogen) atoms. The van der Waals surface area contributed by atoms with Crippen LogP contribution in [0.5, 0.6) is 0 Å². The van der Waals surface area contributed by atoms with Crippen LogP contribution in [0.25, 0.3) is 0 Å². The van der Waals surface area contributed by atoms with E-state index in [1.807, 2.05) is 0 Å². The van der Waals surface area contributed by atoms with Crippen molar-refractivity contribution in [2.75, 3.05) is 7.11 Å². The number of carbonyl (C=O) groups is 1. The van der Waals surface area contributed by atoms with Crippen LogP contribution in [0.4, 0.5) is 4.79 Å². The molecule has 0 radical (unpaired) electrons. The molecule has 4 heteroatoms.